The predicted octanol–water partition coefficient (Wildman–Crippen LogP) is 5.39. The minimum Gasteiger partial charge on any atom is -0.296 e. The molecule has 1 aromatic heterocycles. The number of benzene rings is 2. The molecule has 0 spiro atoms. The first-order valence-corrected chi connectivity index (χ1v) is 9.44. The van der Waals surface area contributed by atoms with Gasteiger partial charge in [0.25, 0.3) is 5.91 Å². The Labute approximate surface area is 157 Å². The van der Waals surface area contributed by atoms with Crippen molar-refractivity contribution < 1.29 is 4.79 Å². The lowest BCUT2D eigenvalue weighted by molar-refractivity contribution is 0.102. The Balaban J connectivity index is 1.60. The molecule has 0 atom stereocenters. The highest BCUT2D eigenvalue weighted by atomic mass is 35.5. The Bertz CT molecular complexity index is 853. The van der Waals surface area contributed by atoms with Crippen molar-refractivity contribution >= 4 is 57.3 Å². The zero-order valence-electron chi connectivity index (χ0n) is 12.2. The Kier molecular flexibility index (Phi) is 5.73. The van der Waals surface area contributed by atoms with Crippen molar-refractivity contribution in [2.75, 3.05) is 5.32 Å². The van der Waals surface area contributed by atoms with E-state index in [0.717, 1.165) is 15.7 Å². The largest absolute Gasteiger partial charge is 0.296 e. The second kappa shape index (κ2) is 7.98. The quantitative estimate of drug-likeness (QED) is 0.464. The van der Waals surface area contributed by atoms with Crippen molar-refractivity contribution in [3.05, 3.63) is 69.7 Å². The highest BCUT2D eigenvalue weighted by Crippen LogP contribution is 2.29. The molecule has 4 nitrogen and oxygen atoms in total. The number of nitrogens with one attached hydrogen (secondary N) is 1. The standard InChI is InChI=1S/C16H11Cl2N3OS2/c17-11-7-5-10(6-8-11)9-23-16-21-20-15(24-16)19-14(22)12-3-1-2-4-13(12)18/h1-8H,9H2,(H,19,20,22). The second-order valence-electron chi connectivity index (χ2n) is 4.72. The van der Waals surface area contributed by atoms with E-state index in [0.29, 0.717) is 20.7 Å². The van der Waals surface area contributed by atoms with Crippen LogP contribution in [-0.2, 0) is 5.75 Å². The van der Waals surface area contributed by atoms with Crippen molar-refractivity contribution in [1.82, 2.24) is 10.2 Å². The summed E-state index contributed by atoms with van der Waals surface area (Å²) in [5.41, 5.74) is 1.55. The lowest BCUT2D eigenvalue weighted by Crippen LogP contribution is -2.12. The molecule has 0 unspecified atom stereocenters. The molecule has 3 aromatic rings. The number of thioether (sulfide) groups is 1. The van der Waals surface area contributed by atoms with E-state index in [1.807, 2.05) is 24.3 Å². The first-order chi connectivity index (χ1) is 11.6. The third-order valence-electron chi connectivity index (χ3n) is 3.02. The summed E-state index contributed by atoms with van der Waals surface area (Å²) in [6.07, 6.45) is 0. The molecule has 1 amide bonds. The molecule has 0 fully saturated rings. The number of aromatic nitrogens is 2. The van der Waals surface area contributed by atoms with Gasteiger partial charge in [-0.15, -0.1) is 10.2 Å². The molecule has 0 radical (unpaired) electrons. The number of halogens is 2. The van der Waals surface area contributed by atoms with Crippen LogP contribution in [0.2, 0.25) is 10.0 Å². The number of nitrogens with zero attached hydrogens (tertiary/aromatic N) is 2. The average Bonchev–Trinajstić information content (AvgIpc) is 3.02. The van der Waals surface area contributed by atoms with E-state index in [-0.39, 0.29) is 5.91 Å². The molecule has 1 N–H and O–H groups in total. The molecule has 0 saturated heterocycles. The van der Waals surface area contributed by atoms with E-state index in [4.69, 9.17) is 23.2 Å². The molecule has 0 saturated carbocycles. The maximum Gasteiger partial charge on any atom is 0.259 e. The van der Waals surface area contributed by atoms with Crippen LogP contribution in [0.25, 0.3) is 0 Å². The minimum atomic E-state index is -0.300. The maximum absolute atomic E-state index is 12.2. The first-order valence-electron chi connectivity index (χ1n) is 6.88. The van der Waals surface area contributed by atoms with Crippen molar-refractivity contribution in [2.45, 2.75) is 10.1 Å². The lowest BCUT2D eigenvalue weighted by atomic mass is 10.2. The molecule has 122 valence electrons. The van der Waals surface area contributed by atoms with Gasteiger partial charge < -0.3 is 0 Å². The van der Waals surface area contributed by atoms with Gasteiger partial charge in [-0.25, -0.2) is 0 Å². The number of hydrogen-bond acceptors (Lipinski definition) is 5. The van der Waals surface area contributed by atoms with E-state index in [9.17, 15) is 4.79 Å². The number of carbonyl (C=O) groups excluding carboxylic acids is 1. The van der Waals surface area contributed by atoms with Gasteiger partial charge in [0, 0.05) is 10.8 Å². The first kappa shape index (κ1) is 17.2. The highest BCUT2D eigenvalue weighted by molar-refractivity contribution is 8.00. The number of rotatable bonds is 5. The van der Waals surface area contributed by atoms with Gasteiger partial charge in [-0.3, -0.25) is 10.1 Å². The van der Waals surface area contributed by atoms with E-state index in [1.54, 1.807) is 36.0 Å². The minimum absolute atomic E-state index is 0.300. The van der Waals surface area contributed by atoms with Gasteiger partial charge in [-0.2, -0.15) is 0 Å². The third kappa shape index (κ3) is 4.48. The molecule has 8 heteroatoms. The monoisotopic (exact) mass is 395 g/mol. The second-order valence-corrected chi connectivity index (χ2v) is 7.77. The fourth-order valence-corrected chi connectivity index (χ4v) is 3.90. The Morgan fingerprint density at radius 2 is 1.83 bits per heavy atom. The Morgan fingerprint density at radius 1 is 1.08 bits per heavy atom. The molecule has 3 rings (SSSR count). The van der Waals surface area contributed by atoms with Gasteiger partial charge >= 0.3 is 0 Å². The molecule has 1 heterocycles. The summed E-state index contributed by atoms with van der Waals surface area (Å²) in [6.45, 7) is 0. The summed E-state index contributed by atoms with van der Waals surface area (Å²) in [5, 5.41) is 12.3. The molecule has 0 bridgehead atoms. The van der Waals surface area contributed by atoms with Crippen LogP contribution in [0.3, 0.4) is 0 Å². The SMILES string of the molecule is O=C(Nc1nnc(SCc2ccc(Cl)cc2)s1)c1ccccc1Cl. The van der Waals surface area contributed by atoms with Gasteiger partial charge in [0.1, 0.15) is 0 Å². The molecule has 0 aliphatic carbocycles. The zero-order chi connectivity index (χ0) is 16.9. The summed E-state index contributed by atoms with van der Waals surface area (Å²) >= 11 is 14.8. The van der Waals surface area contributed by atoms with Gasteiger partial charge in [-0.05, 0) is 29.8 Å². The number of anilines is 1. The summed E-state index contributed by atoms with van der Waals surface area (Å²) in [6, 6.07) is 14.5. The van der Waals surface area contributed by atoms with Crippen LogP contribution >= 0.6 is 46.3 Å². The number of amides is 1. The van der Waals surface area contributed by atoms with Crippen LogP contribution in [0.15, 0.2) is 52.9 Å². The van der Waals surface area contributed by atoms with Crippen LogP contribution in [0.5, 0.6) is 0 Å². The smallest absolute Gasteiger partial charge is 0.259 e. The van der Waals surface area contributed by atoms with Gasteiger partial charge in [-0.1, -0.05) is 70.6 Å². The van der Waals surface area contributed by atoms with Gasteiger partial charge in [0.05, 0.1) is 10.6 Å². The normalized spacial score (nSPS) is 10.6. The summed E-state index contributed by atoms with van der Waals surface area (Å²) < 4.78 is 0.777. The molecule has 2 aromatic carbocycles. The molecule has 0 aliphatic heterocycles. The van der Waals surface area contributed by atoms with Crippen LogP contribution in [0.1, 0.15) is 15.9 Å². The number of carbonyl (C=O) groups is 1. The summed E-state index contributed by atoms with van der Waals surface area (Å²) in [4.78, 5) is 12.2. The average molecular weight is 396 g/mol. The van der Waals surface area contributed by atoms with Crippen LogP contribution < -0.4 is 5.32 Å². The topological polar surface area (TPSA) is 54.9 Å². The molecular formula is C16H11Cl2N3OS2. The van der Waals surface area contributed by atoms with Crippen molar-refractivity contribution in [3.8, 4) is 0 Å². The van der Waals surface area contributed by atoms with E-state index < -0.39 is 0 Å². The van der Waals surface area contributed by atoms with Crippen LogP contribution in [-0.4, -0.2) is 16.1 Å². The van der Waals surface area contributed by atoms with Crippen molar-refractivity contribution in [1.29, 1.82) is 0 Å². The summed E-state index contributed by atoms with van der Waals surface area (Å²) in [7, 11) is 0. The summed E-state index contributed by atoms with van der Waals surface area (Å²) in [5.74, 6) is 0.454. The fraction of sp³-hybridized carbons (Fsp3) is 0.0625. The highest BCUT2D eigenvalue weighted by Gasteiger charge is 2.13. The van der Waals surface area contributed by atoms with E-state index >= 15 is 0 Å². The van der Waals surface area contributed by atoms with Gasteiger partial charge in [0.15, 0.2) is 4.34 Å². The maximum atomic E-state index is 12.2. The zero-order valence-corrected chi connectivity index (χ0v) is 15.3. The fourth-order valence-electron chi connectivity index (χ4n) is 1.85. The molecular weight excluding hydrogens is 385 g/mol. The predicted molar refractivity (Wildman–Crippen MR) is 100 cm³/mol. The van der Waals surface area contributed by atoms with Crippen LogP contribution in [0.4, 0.5) is 5.13 Å². The Hall–Kier alpha value is -1.60. The van der Waals surface area contributed by atoms with E-state index in [1.165, 1.54) is 11.3 Å². The van der Waals surface area contributed by atoms with Gasteiger partial charge in [0.2, 0.25) is 5.13 Å². The van der Waals surface area contributed by atoms with E-state index in [2.05, 4.69) is 15.5 Å². The lowest BCUT2D eigenvalue weighted by Gasteiger charge is -2.02. The van der Waals surface area contributed by atoms with Crippen molar-refractivity contribution in [2.24, 2.45) is 0 Å². The third-order valence-corrected chi connectivity index (χ3v) is 5.65. The number of hydrogen-bond donors (Lipinski definition) is 1. The van der Waals surface area contributed by atoms with Crippen LogP contribution in [0, 0.1) is 0 Å². The molecule has 0 aliphatic rings. The Morgan fingerprint density at radius 3 is 2.58 bits per heavy atom. The van der Waals surface area contributed by atoms with Crippen molar-refractivity contribution in [3.63, 3.8) is 0 Å². The molecule has 24 heavy (non-hydrogen) atoms.